The average molecular weight is 306 g/mol. The molecule has 0 N–H and O–H groups in total. The molecule has 2 aliphatic heterocycles. The normalized spacial score (nSPS) is 21.1. The van der Waals surface area contributed by atoms with Gasteiger partial charge in [-0.3, -0.25) is 9.69 Å². The number of rotatable bonds is 4. The molecule has 3 heterocycles. The quantitative estimate of drug-likeness (QED) is 0.819. The Kier molecular flexibility index (Phi) is 4.49. The lowest BCUT2D eigenvalue weighted by Crippen LogP contribution is -2.64. The van der Waals surface area contributed by atoms with Crippen molar-refractivity contribution in [1.82, 2.24) is 19.9 Å². The third-order valence-corrected chi connectivity index (χ3v) is 5.09. The van der Waals surface area contributed by atoms with Gasteiger partial charge in [-0.1, -0.05) is 12.1 Å². The van der Waals surface area contributed by atoms with Crippen molar-refractivity contribution in [2.45, 2.75) is 33.2 Å². The Balaban J connectivity index is 1.46. The van der Waals surface area contributed by atoms with Crippen molar-refractivity contribution < 1.29 is 9.32 Å². The van der Waals surface area contributed by atoms with Gasteiger partial charge < -0.3 is 14.3 Å². The molecule has 2 aliphatic rings. The molecule has 0 saturated carbocycles. The van der Waals surface area contributed by atoms with Gasteiger partial charge in [-0.2, -0.15) is 0 Å². The van der Waals surface area contributed by atoms with Gasteiger partial charge in [0, 0.05) is 50.9 Å². The largest absolute Gasteiger partial charge is 0.361 e. The van der Waals surface area contributed by atoms with Crippen LogP contribution in [0.5, 0.6) is 0 Å². The molecule has 2 fully saturated rings. The second-order valence-electron chi connectivity index (χ2n) is 6.40. The molecule has 2 saturated heterocycles. The third-order valence-electron chi connectivity index (χ3n) is 5.09. The summed E-state index contributed by atoms with van der Waals surface area (Å²) in [6.45, 7) is 13.4. The van der Waals surface area contributed by atoms with Gasteiger partial charge in [0.1, 0.15) is 5.76 Å². The van der Waals surface area contributed by atoms with Crippen molar-refractivity contribution in [1.29, 1.82) is 0 Å². The van der Waals surface area contributed by atoms with Gasteiger partial charge in [0.25, 0.3) is 0 Å². The lowest BCUT2D eigenvalue weighted by molar-refractivity contribution is -0.138. The van der Waals surface area contributed by atoms with Crippen LogP contribution in [0.1, 0.15) is 23.9 Å². The predicted molar refractivity (Wildman–Crippen MR) is 83.7 cm³/mol. The first kappa shape index (κ1) is 15.5. The van der Waals surface area contributed by atoms with Crippen molar-refractivity contribution in [2.75, 3.05) is 45.8 Å². The number of likely N-dealkylation sites (tertiary alicyclic amines) is 1. The van der Waals surface area contributed by atoms with Gasteiger partial charge in [0.05, 0.1) is 12.1 Å². The van der Waals surface area contributed by atoms with E-state index in [0.29, 0.717) is 12.5 Å². The fourth-order valence-corrected chi connectivity index (χ4v) is 3.35. The SMILES string of the molecule is CCN1CCN(C2CN(C(=O)Cc3c(C)noc3C)C2)CC1. The minimum absolute atomic E-state index is 0.192. The number of carbonyl (C=O) groups excluding carboxylic acids is 1. The third kappa shape index (κ3) is 3.03. The van der Waals surface area contributed by atoms with Crippen LogP contribution in [0.15, 0.2) is 4.52 Å². The van der Waals surface area contributed by atoms with Crippen LogP contribution in [0.25, 0.3) is 0 Å². The summed E-state index contributed by atoms with van der Waals surface area (Å²) in [5.41, 5.74) is 1.78. The fraction of sp³-hybridized carbons (Fsp3) is 0.750. The molecule has 1 aromatic heterocycles. The highest BCUT2D eigenvalue weighted by Gasteiger charge is 2.36. The number of hydrogen-bond acceptors (Lipinski definition) is 5. The number of piperazine rings is 1. The van der Waals surface area contributed by atoms with Crippen LogP contribution in [0.3, 0.4) is 0 Å². The van der Waals surface area contributed by atoms with E-state index >= 15 is 0 Å². The Morgan fingerprint density at radius 1 is 1.23 bits per heavy atom. The maximum Gasteiger partial charge on any atom is 0.227 e. The van der Waals surface area contributed by atoms with E-state index in [4.69, 9.17) is 4.52 Å². The van der Waals surface area contributed by atoms with Gasteiger partial charge in [-0.05, 0) is 20.4 Å². The molecule has 3 rings (SSSR count). The van der Waals surface area contributed by atoms with Crippen LogP contribution in [-0.4, -0.2) is 77.6 Å². The first-order chi connectivity index (χ1) is 10.6. The molecule has 6 nitrogen and oxygen atoms in total. The van der Waals surface area contributed by atoms with Crippen molar-refractivity contribution >= 4 is 5.91 Å². The Hall–Kier alpha value is -1.40. The first-order valence-corrected chi connectivity index (χ1v) is 8.24. The molecule has 0 spiro atoms. The zero-order chi connectivity index (χ0) is 15.7. The van der Waals surface area contributed by atoms with E-state index in [-0.39, 0.29) is 5.91 Å². The van der Waals surface area contributed by atoms with Crippen LogP contribution >= 0.6 is 0 Å². The topological polar surface area (TPSA) is 52.8 Å². The van der Waals surface area contributed by atoms with Gasteiger partial charge in [-0.15, -0.1) is 0 Å². The molecular weight excluding hydrogens is 280 g/mol. The molecule has 1 amide bonds. The van der Waals surface area contributed by atoms with E-state index in [1.807, 2.05) is 18.7 Å². The smallest absolute Gasteiger partial charge is 0.227 e. The number of amides is 1. The Labute approximate surface area is 132 Å². The molecule has 0 aliphatic carbocycles. The summed E-state index contributed by atoms with van der Waals surface area (Å²) in [5.74, 6) is 0.955. The van der Waals surface area contributed by atoms with Gasteiger partial charge in [0.2, 0.25) is 5.91 Å². The monoisotopic (exact) mass is 306 g/mol. The van der Waals surface area contributed by atoms with E-state index in [2.05, 4.69) is 21.9 Å². The highest BCUT2D eigenvalue weighted by Crippen LogP contribution is 2.20. The second kappa shape index (κ2) is 6.38. The van der Waals surface area contributed by atoms with E-state index in [1.165, 1.54) is 0 Å². The van der Waals surface area contributed by atoms with Crippen LogP contribution in [0.4, 0.5) is 0 Å². The summed E-state index contributed by atoms with van der Waals surface area (Å²) in [4.78, 5) is 19.3. The zero-order valence-electron chi connectivity index (χ0n) is 13.8. The molecule has 0 radical (unpaired) electrons. The minimum Gasteiger partial charge on any atom is -0.361 e. The van der Waals surface area contributed by atoms with Crippen LogP contribution in [0, 0.1) is 13.8 Å². The second-order valence-corrected chi connectivity index (χ2v) is 6.40. The van der Waals surface area contributed by atoms with Gasteiger partial charge >= 0.3 is 0 Å². The number of nitrogens with zero attached hydrogens (tertiary/aromatic N) is 4. The summed E-state index contributed by atoms with van der Waals surface area (Å²) in [6, 6.07) is 0.549. The number of carbonyl (C=O) groups is 1. The van der Waals surface area contributed by atoms with E-state index in [0.717, 1.165) is 62.8 Å². The van der Waals surface area contributed by atoms with Crippen molar-refractivity contribution in [2.24, 2.45) is 0 Å². The molecule has 0 bridgehead atoms. The zero-order valence-corrected chi connectivity index (χ0v) is 13.8. The number of aromatic nitrogens is 1. The van der Waals surface area contributed by atoms with Gasteiger partial charge in [-0.25, -0.2) is 0 Å². The van der Waals surface area contributed by atoms with E-state index in [1.54, 1.807) is 0 Å². The van der Waals surface area contributed by atoms with E-state index < -0.39 is 0 Å². The summed E-state index contributed by atoms with van der Waals surface area (Å²) in [7, 11) is 0. The lowest BCUT2D eigenvalue weighted by atomic mass is 10.0. The number of aryl methyl sites for hydroxylation is 2. The average Bonchev–Trinajstić information content (AvgIpc) is 2.78. The molecule has 122 valence electrons. The van der Waals surface area contributed by atoms with Crippen molar-refractivity contribution in [3.8, 4) is 0 Å². The molecular formula is C16H26N4O2. The summed E-state index contributed by atoms with van der Waals surface area (Å²) in [6.07, 6.45) is 0.414. The Morgan fingerprint density at radius 2 is 1.91 bits per heavy atom. The standard InChI is InChI=1S/C16H26N4O2/c1-4-18-5-7-19(8-6-18)14-10-20(11-14)16(21)9-15-12(2)17-22-13(15)3/h14H,4-11H2,1-3H3. The number of likely N-dealkylation sites (N-methyl/N-ethyl adjacent to an activating group) is 1. The summed E-state index contributed by atoms with van der Waals surface area (Å²) < 4.78 is 5.13. The molecule has 1 aromatic rings. The number of hydrogen-bond donors (Lipinski definition) is 0. The highest BCUT2D eigenvalue weighted by molar-refractivity contribution is 5.80. The molecule has 6 heteroatoms. The van der Waals surface area contributed by atoms with Crippen LogP contribution in [-0.2, 0) is 11.2 Å². The molecule has 0 unspecified atom stereocenters. The lowest BCUT2D eigenvalue weighted by Gasteiger charge is -2.48. The minimum atomic E-state index is 0.192. The molecule has 22 heavy (non-hydrogen) atoms. The first-order valence-electron chi connectivity index (χ1n) is 8.24. The van der Waals surface area contributed by atoms with Crippen molar-refractivity contribution in [3.63, 3.8) is 0 Å². The van der Waals surface area contributed by atoms with E-state index in [9.17, 15) is 4.79 Å². The van der Waals surface area contributed by atoms with Crippen LogP contribution < -0.4 is 0 Å². The van der Waals surface area contributed by atoms with Crippen LogP contribution in [0.2, 0.25) is 0 Å². The predicted octanol–water partition coefficient (Wildman–Crippen LogP) is 0.682. The fourth-order valence-electron chi connectivity index (χ4n) is 3.35. The van der Waals surface area contributed by atoms with Crippen molar-refractivity contribution in [3.05, 3.63) is 17.0 Å². The molecule has 0 aromatic carbocycles. The Morgan fingerprint density at radius 3 is 2.45 bits per heavy atom. The molecule has 0 atom stereocenters. The summed E-state index contributed by atoms with van der Waals surface area (Å²) >= 11 is 0. The van der Waals surface area contributed by atoms with Gasteiger partial charge in [0.15, 0.2) is 0 Å². The maximum absolute atomic E-state index is 12.4. The Bertz CT molecular complexity index is 509. The summed E-state index contributed by atoms with van der Waals surface area (Å²) in [5, 5.41) is 3.92. The highest BCUT2D eigenvalue weighted by atomic mass is 16.5. The maximum atomic E-state index is 12.4.